The molecule has 7 nitrogen and oxygen atoms in total. The lowest BCUT2D eigenvalue weighted by atomic mass is 10.1. The van der Waals surface area contributed by atoms with Gasteiger partial charge in [-0.05, 0) is 24.4 Å². The number of nitrogens with one attached hydrogen (secondary N) is 1. The minimum Gasteiger partial charge on any atom is -0.313 e. The monoisotopic (exact) mass is 283 g/mol. The fourth-order valence-corrected chi connectivity index (χ4v) is 2.21. The van der Waals surface area contributed by atoms with Crippen LogP contribution in [-0.2, 0) is 13.5 Å². The summed E-state index contributed by atoms with van der Waals surface area (Å²) in [5.74, 6) is 0.712. The molecule has 3 rings (SSSR count). The fourth-order valence-electron chi connectivity index (χ4n) is 2.21. The smallest absolute Gasteiger partial charge is 0.176 e. The Hall–Kier alpha value is -2.54. The molecule has 3 aromatic rings. The third kappa shape index (κ3) is 2.97. The van der Waals surface area contributed by atoms with Crippen LogP contribution >= 0.6 is 0 Å². The van der Waals surface area contributed by atoms with Gasteiger partial charge >= 0.3 is 0 Å². The van der Waals surface area contributed by atoms with Crippen molar-refractivity contribution in [3.63, 3.8) is 0 Å². The fraction of sp³-hybridized carbons (Fsp3) is 0.286. The zero-order chi connectivity index (χ0) is 14.7. The summed E-state index contributed by atoms with van der Waals surface area (Å²) < 4.78 is 1.86. The minimum absolute atomic E-state index is 0.103. The van der Waals surface area contributed by atoms with E-state index in [1.165, 1.54) is 4.80 Å². The average molecular weight is 283 g/mol. The topological polar surface area (TPSA) is 73.5 Å². The van der Waals surface area contributed by atoms with Crippen LogP contribution in [0, 0.1) is 0 Å². The number of nitrogens with zero attached hydrogens (tertiary/aromatic N) is 6. The second-order valence-corrected chi connectivity index (χ2v) is 4.79. The van der Waals surface area contributed by atoms with Gasteiger partial charge in [0.15, 0.2) is 5.82 Å². The average Bonchev–Trinajstić information content (AvgIpc) is 3.15. The Balaban J connectivity index is 1.80. The molecule has 108 valence electrons. The van der Waals surface area contributed by atoms with E-state index in [2.05, 4.69) is 25.8 Å². The first-order valence-electron chi connectivity index (χ1n) is 6.76. The molecule has 0 amide bonds. The molecule has 1 N–H and O–H groups in total. The van der Waals surface area contributed by atoms with Crippen LogP contribution in [0.5, 0.6) is 0 Å². The molecule has 1 unspecified atom stereocenters. The molecule has 1 atom stereocenters. The van der Waals surface area contributed by atoms with Crippen LogP contribution in [0.2, 0.25) is 0 Å². The van der Waals surface area contributed by atoms with E-state index in [9.17, 15) is 0 Å². The predicted octanol–water partition coefficient (Wildman–Crippen LogP) is 0.899. The SMILES string of the molecule is CNC(Cc1nnn(C)n1)c1cnn(-c2ccccc2)c1. The summed E-state index contributed by atoms with van der Waals surface area (Å²) >= 11 is 0. The van der Waals surface area contributed by atoms with E-state index in [1.807, 2.05) is 54.5 Å². The van der Waals surface area contributed by atoms with Crippen molar-refractivity contribution >= 4 is 0 Å². The third-order valence-electron chi connectivity index (χ3n) is 3.31. The summed E-state index contributed by atoms with van der Waals surface area (Å²) in [7, 11) is 3.68. The molecule has 0 aliphatic carbocycles. The molecule has 0 aliphatic rings. The number of aryl methyl sites for hydroxylation is 1. The highest BCUT2D eigenvalue weighted by Crippen LogP contribution is 2.17. The van der Waals surface area contributed by atoms with Crippen LogP contribution in [0.3, 0.4) is 0 Å². The Morgan fingerprint density at radius 2 is 2.05 bits per heavy atom. The molecule has 2 aromatic heterocycles. The van der Waals surface area contributed by atoms with Gasteiger partial charge in [-0.25, -0.2) is 4.68 Å². The van der Waals surface area contributed by atoms with E-state index in [0.29, 0.717) is 12.2 Å². The van der Waals surface area contributed by atoms with Crippen molar-refractivity contribution in [3.05, 3.63) is 54.1 Å². The maximum atomic E-state index is 4.42. The Morgan fingerprint density at radius 1 is 1.24 bits per heavy atom. The summed E-state index contributed by atoms with van der Waals surface area (Å²) in [4.78, 5) is 1.47. The normalized spacial score (nSPS) is 12.5. The highest BCUT2D eigenvalue weighted by Gasteiger charge is 2.15. The molecule has 0 saturated heterocycles. The molecule has 1 aromatic carbocycles. The van der Waals surface area contributed by atoms with Crippen molar-refractivity contribution in [1.29, 1.82) is 0 Å². The van der Waals surface area contributed by atoms with E-state index in [0.717, 1.165) is 11.3 Å². The van der Waals surface area contributed by atoms with Crippen LogP contribution in [0.4, 0.5) is 0 Å². The van der Waals surface area contributed by atoms with Gasteiger partial charge in [-0.15, -0.1) is 10.2 Å². The summed E-state index contributed by atoms with van der Waals surface area (Å²) in [6.07, 6.45) is 4.56. The highest BCUT2D eigenvalue weighted by atomic mass is 15.6. The van der Waals surface area contributed by atoms with Gasteiger partial charge in [0.1, 0.15) is 0 Å². The van der Waals surface area contributed by atoms with Crippen molar-refractivity contribution in [1.82, 2.24) is 35.3 Å². The lowest BCUT2D eigenvalue weighted by Gasteiger charge is -2.11. The van der Waals surface area contributed by atoms with Crippen LogP contribution in [0.15, 0.2) is 42.7 Å². The molecule has 0 spiro atoms. The van der Waals surface area contributed by atoms with Crippen molar-refractivity contribution < 1.29 is 0 Å². The second kappa shape index (κ2) is 5.84. The molecule has 0 bridgehead atoms. The van der Waals surface area contributed by atoms with E-state index in [4.69, 9.17) is 0 Å². The maximum absolute atomic E-state index is 4.42. The van der Waals surface area contributed by atoms with Crippen LogP contribution in [0.1, 0.15) is 17.4 Å². The van der Waals surface area contributed by atoms with Gasteiger partial charge in [-0.1, -0.05) is 18.2 Å². The van der Waals surface area contributed by atoms with Gasteiger partial charge in [0, 0.05) is 24.2 Å². The van der Waals surface area contributed by atoms with Crippen LogP contribution in [0.25, 0.3) is 5.69 Å². The number of tetrazole rings is 1. The molecule has 0 aliphatic heterocycles. The van der Waals surface area contributed by atoms with Gasteiger partial charge in [-0.2, -0.15) is 9.90 Å². The molecule has 2 heterocycles. The first-order valence-corrected chi connectivity index (χ1v) is 6.76. The summed E-state index contributed by atoms with van der Waals surface area (Å²) in [6, 6.07) is 10.1. The molecular formula is C14H17N7. The number of likely N-dealkylation sites (N-methyl/N-ethyl adjacent to an activating group) is 1. The predicted molar refractivity (Wildman–Crippen MR) is 77.9 cm³/mol. The van der Waals surface area contributed by atoms with Gasteiger partial charge in [0.25, 0.3) is 0 Å². The van der Waals surface area contributed by atoms with E-state index < -0.39 is 0 Å². The molecule has 21 heavy (non-hydrogen) atoms. The first kappa shape index (κ1) is 13.4. The summed E-state index contributed by atoms with van der Waals surface area (Å²) in [6.45, 7) is 0. The zero-order valence-corrected chi connectivity index (χ0v) is 12.0. The number of benzene rings is 1. The Morgan fingerprint density at radius 3 is 2.71 bits per heavy atom. The quantitative estimate of drug-likeness (QED) is 0.753. The Kier molecular flexibility index (Phi) is 3.74. The van der Waals surface area contributed by atoms with E-state index in [-0.39, 0.29) is 6.04 Å². The number of rotatable bonds is 5. The Labute approximate surface area is 122 Å². The molecule has 0 fully saturated rings. The second-order valence-electron chi connectivity index (χ2n) is 4.79. The Bertz CT molecular complexity index is 701. The van der Waals surface area contributed by atoms with Gasteiger partial charge in [-0.3, -0.25) is 0 Å². The summed E-state index contributed by atoms with van der Waals surface area (Å²) in [5.41, 5.74) is 2.13. The standard InChI is InChI=1S/C14H17N7/c1-15-13(8-14-17-19-20(2)18-14)11-9-16-21(10-11)12-6-4-3-5-7-12/h3-7,9-10,13,15H,8H2,1-2H3. The summed E-state index contributed by atoms with van der Waals surface area (Å²) in [5, 5.41) is 19.8. The maximum Gasteiger partial charge on any atom is 0.176 e. The van der Waals surface area contributed by atoms with Crippen molar-refractivity contribution in [3.8, 4) is 5.69 Å². The third-order valence-corrected chi connectivity index (χ3v) is 3.31. The first-order chi connectivity index (χ1) is 10.3. The van der Waals surface area contributed by atoms with Gasteiger partial charge in [0.2, 0.25) is 0 Å². The van der Waals surface area contributed by atoms with Crippen LogP contribution < -0.4 is 5.32 Å². The number of hydrogen-bond donors (Lipinski definition) is 1. The van der Waals surface area contributed by atoms with Crippen LogP contribution in [-0.4, -0.2) is 37.0 Å². The highest BCUT2D eigenvalue weighted by molar-refractivity contribution is 5.31. The largest absolute Gasteiger partial charge is 0.313 e. The molecule has 0 saturated carbocycles. The molecular weight excluding hydrogens is 266 g/mol. The number of aromatic nitrogens is 6. The molecule has 7 heteroatoms. The lowest BCUT2D eigenvalue weighted by Crippen LogP contribution is -2.19. The minimum atomic E-state index is 0.103. The van der Waals surface area contributed by atoms with E-state index in [1.54, 1.807) is 7.05 Å². The van der Waals surface area contributed by atoms with Crippen molar-refractivity contribution in [2.45, 2.75) is 12.5 Å². The lowest BCUT2D eigenvalue weighted by molar-refractivity contribution is 0.570. The van der Waals surface area contributed by atoms with Crippen molar-refractivity contribution in [2.75, 3.05) is 7.05 Å². The van der Waals surface area contributed by atoms with Gasteiger partial charge < -0.3 is 5.32 Å². The van der Waals surface area contributed by atoms with Gasteiger partial charge in [0.05, 0.1) is 18.9 Å². The zero-order valence-electron chi connectivity index (χ0n) is 12.0. The molecule has 0 radical (unpaired) electrons. The number of hydrogen-bond acceptors (Lipinski definition) is 5. The van der Waals surface area contributed by atoms with E-state index >= 15 is 0 Å². The van der Waals surface area contributed by atoms with Crippen molar-refractivity contribution in [2.24, 2.45) is 7.05 Å². The number of para-hydroxylation sites is 1.